The second kappa shape index (κ2) is 7.37. The second-order valence-electron chi connectivity index (χ2n) is 6.61. The van der Waals surface area contributed by atoms with Crippen LogP contribution in [0.5, 0.6) is 0 Å². The van der Waals surface area contributed by atoms with Gasteiger partial charge in [0.05, 0.1) is 5.92 Å². The number of anilines is 1. The zero-order valence-corrected chi connectivity index (χ0v) is 14.5. The van der Waals surface area contributed by atoms with E-state index in [9.17, 15) is 14.4 Å². The first-order chi connectivity index (χ1) is 11.7. The van der Waals surface area contributed by atoms with E-state index in [1.165, 1.54) is 11.0 Å². The molecule has 9 heteroatoms. The highest BCUT2D eigenvalue weighted by atomic mass is 16.6. The maximum Gasteiger partial charge on any atom is 0.413 e. The average molecular weight is 350 g/mol. The van der Waals surface area contributed by atoms with Crippen molar-refractivity contribution in [1.82, 2.24) is 14.9 Å². The molecule has 25 heavy (non-hydrogen) atoms. The summed E-state index contributed by atoms with van der Waals surface area (Å²) in [5, 5.41) is 2.38. The first kappa shape index (κ1) is 18.5. The summed E-state index contributed by atoms with van der Waals surface area (Å²) in [6.07, 6.45) is 0.289. The molecule has 0 atom stereocenters. The van der Waals surface area contributed by atoms with Crippen molar-refractivity contribution in [2.75, 3.05) is 25.0 Å². The number of rotatable bonds is 4. The van der Waals surface area contributed by atoms with E-state index in [1.807, 2.05) is 0 Å². The molecule has 2 rings (SSSR count). The first-order valence-corrected chi connectivity index (χ1v) is 7.82. The highest BCUT2D eigenvalue weighted by Crippen LogP contribution is 2.26. The molecule has 1 aromatic heterocycles. The van der Waals surface area contributed by atoms with Crippen LogP contribution in [0, 0.1) is 0 Å². The number of amides is 2. The summed E-state index contributed by atoms with van der Waals surface area (Å²) in [6.45, 7) is 9.62. The number of likely N-dealkylation sites (tertiary alicyclic amines) is 1. The maximum atomic E-state index is 11.9. The molecule has 2 amide bonds. The van der Waals surface area contributed by atoms with Gasteiger partial charge in [0, 0.05) is 19.2 Å². The summed E-state index contributed by atoms with van der Waals surface area (Å²) in [5.41, 5.74) is -0.968. The summed E-state index contributed by atoms with van der Waals surface area (Å²) < 4.78 is 10.1. The highest BCUT2D eigenvalue weighted by molar-refractivity contribution is 5.83. The van der Waals surface area contributed by atoms with E-state index in [0.717, 1.165) is 6.07 Å². The van der Waals surface area contributed by atoms with Crippen molar-refractivity contribution in [2.24, 2.45) is 0 Å². The van der Waals surface area contributed by atoms with Crippen LogP contribution < -0.4 is 10.9 Å². The molecule has 0 unspecified atom stereocenters. The van der Waals surface area contributed by atoms with Crippen molar-refractivity contribution < 1.29 is 19.1 Å². The van der Waals surface area contributed by atoms with Crippen molar-refractivity contribution in [3.63, 3.8) is 0 Å². The normalized spacial score (nSPS) is 14.4. The lowest BCUT2D eigenvalue weighted by molar-refractivity contribution is 0.00752. The highest BCUT2D eigenvalue weighted by Gasteiger charge is 2.36. The van der Waals surface area contributed by atoms with Crippen LogP contribution in [0.2, 0.25) is 0 Å². The minimum atomic E-state index is -0.729. The molecule has 1 aromatic rings. The van der Waals surface area contributed by atoms with E-state index in [2.05, 4.69) is 21.9 Å². The zero-order chi connectivity index (χ0) is 18.6. The number of carbonyl (C=O) groups is 2. The van der Waals surface area contributed by atoms with Crippen LogP contribution in [0.1, 0.15) is 32.5 Å². The Kier molecular flexibility index (Phi) is 5.45. The molecule has 0 aliphatic carbocycles. The Balaban J connectivity index is 1.97. The number of nitrogens with zero attached hydrogens (tertiary/aromatic N) is 2. The number of ether oxygens (including phenoxy) is 2. The van der Waals surface area contributed by atoms with Gasteiger partial charge in [-0.1, -0.05) is 12.7 Å². The minimum absolute atomic E-state index is 0.0509. The molecule has 0 aromatic carbocycles. The van der Waals surface area contributed by atoms with E-state index < -0.39 is 23.3 Å². The largest absolute Gasteiger partial charge is 0.445 e. The average Bonchev–Trinajstić information content (AvgIpc) is 2.40. The minimum Gasteiger partial charge on any atom is -0.445 e. The van der Waals surface area contributed by atoms with Gasteiger partial charge < -0.3 is 19.4 Å². The number of aromatic nitrogens is 2. The topological polar surface area (TPSA) is 114 Å². The predicted octanol–water partition coefficient (Wildman–Crippen LogP) is 1.84. The molecule has 0 bridgehead atoms. The molecule has 9 nitrogen and oxygen atoms in total. The fraction of sp³-hybridized carbons (Fsp3) is 0.500. The van der Waals surface area contributed by atoms with Gasteiger partial charge in [0.15, 0.2) is 0 Å². The van der Waals surface area contributed by atoms with Crippen LogP contribution in [0.4, 0.5) is 15.4 Å². The molecule has 1 aliphatic rings. The molecule has 2 N–H and O–H groups in total. The van der Waals surface area contributed by atoms with Crippen LogP contribution >= 0.6 is 0 Å². The number of H-pyrrole nitrogens is 1. The molecule has 1 fully saturated rings. The molecule has 0 saturated carbocycles. The van der Waals surface area contributed by atoms with Gasteiger partial charge >= 0.3 is 12.2 Å². The van der Waals surface area contributed by atoms with Crippen molar-refractivity contribution >= 4 is 18.0 Å². The molecule has 1 aliphatic heterocycles. The Morgan fingerprint density at radius 1 is 1.48 bits per heavy atom. The lowest BCUT2D eigenvalue weighted by Gasteiger charge is -2.39. The lowest BCUT2D eigenvalue weighted by Crippen LogP contribution is -2.51. The summed E-state index contributed by atoms with van der Waals surface area (Å²) >= 11 is 0. The van der Waals surface area contributed by atoms with E-state index in [4.69, 9.17) is 9.47 Å². The smallest absolute Gasteiger partial charge is 0.413 e. The first-order valence-electron chi connectivity index (χ1n) is 7.82. The zero-order valence-electron chi connectivity index (χ0n) is 14.5. The number of hydrogen-bond acceptors (Lipinski definition) is 6. The summed E-state index contributed by atoms with van der Waals surface area (Å²) in [5.74, 6) is 0.348. The Morgan fingerprint density at radius 2 is 2.16 bits per heavy atom. The number of aromatic amines is 1. The van der Waals surface area contributed by atoms with Gasteiger partial charge in [-0.15, -0.1) is 0 Å². The van der Waals surface area contributed by atoms with Gasteiger partial charge in [-0.05, 0) is 20.8 Å². The van der Waals surface area contributed by atoms with Crippen LogP contribution in [-0.2, 0) is 9.47 Å². The van der Waals surface area contributed by atoms with E-state index in [1.54, 1.807) is 20.8 Å². The van der Waals surface area contributed by atoms with Crippen LogP contribution in [0.15, 0.2) is 23.5 Å². The van der Waals surface area contributed by atoms with Crippen molar-refractivity contribution in [3.05, 3.63) is 34.9 Å². The fourth-order valence-electron chi connectivity index (χ4n) is 2.14. The van der Waals surface area contributed by atoms with Gasteiger partial charge in [0.1, 0.15) is 23.9 Å². The maximum absolute atomic E-state index is 11.9. The van der Waals surface area contributed by atoms with Gasteiger partial charge in [-0.2, -0.15) is 0 Å². The molecule has 1 saturated heterocycles. The van der Waals surface area contributed by atoms with Crippen molar-refractivity contribution in [1.29, 1.82) is 0 Å². The van der Waals surface area contributed by atoms with Crippen molar-refractivity contribution in [2.45, 2.75) is 32.3 Å². The molecule has 0 radical (unpaired) electrons. The second-order valence-corrected chi connectivity index (χ2v) is 6.61. The predicted molar refractivity (Wildman–Crippen MR) is 90.6 cm³/mol. The third-order valence-corrected chi connectivity index (χ3v) is 3.24. The monoisotopic (exact) mass is 350 g/mol. The lowest BCUT2D eigenvalue weighted by atomic mass is 10.00. The van der Waals surface area contributed by atoms with Gasteiger partial charge in [0.25, 0.3) is 5.56 Å². The molecule has 0 spiro atoms. The van der Waals surface area contributed by atoms with Crippen LogP contribution in [0.3, 0.4) is 0 Å². The van der Waals surface area contributed by atoms with E-state index in [0.29, 0.717) is 18.9 Å². The number of hydrogen-bond donors (Lipinski definition) is 2. The third kappa shape index (κ3) is 5.33. The quantitative estimate of drug-likeness (QED) is 0.801. The van der Waals surface area contributed by atoms with E-state index in [-0.39, 0.29) is 18.3 Å². The Bertz CT molecular complexity index is 716. The molecule has 136 valence electrons. The Hall–Kier alpha value is -2.84. The van der Waals surface area contributed by atoms with Crippen LogP contribution in [0.25, 0.3) is 0 Å². The van der Waals surface area contributed by atoms with E-state index >= 15 is 0 Å². The fourth-order valence-corrected chi connectivity index (χ4v) is 2.14. The van der Waals surface area contributed by atoms with Gasteiger partial charge in [0.2, 0.25) is 0 Å². The van der Waals surface area contributed by atoms with Gasteiger partial charge in [-0.3, -0.25) is 10.1 Å². The van der Waals surface area contributed by atoms with Crippen LogP contribution in [-0.4, -0.2) is 52.4 Å². The SMILES string of the molecule is C=CCOC(=O)Nc1cc(=O)[nH]c(C2CN(C(=O)OC(C)(C)C)C2)n1. The Labute approximate surface area is 145 Å². The summed E-state index contributed by atoms with van der Waals surface area (Å²) in [7, 11) is 0. The van der Waals surface area contributed by atoms with Gasteiger partial charge in [-0.25, -0.2) is 14.6 Å². The molecular formula is C16H22N4O5. The summed E-state index contributed by atoms with van der Waals surface area (Å²) in [4.78, 5) is 43.5. The number of carbonyl (C=O) groups excluding carboxylic acids is 2. The standard InChI is InChI=1S/C16H22N4O5/c1-5-6-24-14(22)18-11-7-12(21)19-13(17-11)10-8-20(9-10)15(23)25-16(2,3)4/h5,7,10H,1,6,8-9H2,2-4H3,(H2,17,18,19,21,22). The Morgan fingerprint density at radius 3 is 2.76 bits per heavy atom. The number of nitrogens with one attached hydrogen (secondary N) is 2. The third-order valence-electron chi connectivity index (χ3n) is 3.24. The molecular weight excluding hydrogens is 328 g/mol. The molecule has 2 heterocycles. The summed E-state index contributed by atoms with van der Waals surface area (Å²) in [6, 6.07) is 1.16. The van der Waals surface area contributed by atoms with Crippen molar-refractivity contribution in [3.8, 4) is 0 Å².